The molecule has 0 saturated heterocycles. The maximum Gasteiger partial charge on any atom is 0.261 e. The first-order valence-electron chi connectivity index (χ1n) is 10.2. The summed E-state index contributed by atoms with van der Waals surface area (Å²) in [5.74, 6) is 0.366. The first-order valence-corrected chi connectivity index (χ1v) is 10.2. The van der Waals surface area contributed by atoms with Crippen molar-refractivity contribution in [3.8, 4) is 5.75 Å². The van der Waals surface area contributed by atoms with E-state index in [-0.39, 0.29) is 18.4 Å². The molecule has 5 heteroatoms. The van der Waals surface area contributed by atoms with Gasteiger partial charge in [-0.25, -0.2) is 0 Å². The van der Waals surface area contributed by atoms with Crippen molar-refractivity contribution in [2.75, 3.05) is 19.7 Å². The molecule has 2 amide bonds. The summed E-state index contributed by atoms with van der Waals surface area (Å²) in [6, 6.07) is 15.2. The van der Waals surface area contributed by atoms with Gasteiger partial charge in [0.2, 0.25) is 5.91 Å². The molecule has 2 aromatic carbocycles. The van der Waals surface area contributed by atoms with Gasteiger partial charge in [-0.3, -0.25) is 9.59 Å². The second-order valence-electron chi connectivity index (χ2n) is 7.28. The SMILES string of the molecule is CCCNC(=O)[C@@H](C)N(CCc1ccccc1)C(=O)COc1cccc(C)c1C. The molecule has 1 N–H and O–H groups in total. The van der Waals surface area contributed by atoms with Crippen LogP contribution in [0.3, 0.4) is 0 Å². The fourth-order valence-corrected chi connectivity index (χ4v) is 3.07. The Morgan fingerprint density at radius 1 is 1.07 bits per heavy atom. The standard InChI is InChI=1S/C24H32N2O3/c1-5-15-25-24(28)20(4)26(16-14-21-11-7-6-8-12-21)23(27)17-29-22-13-9-10-18(2)19(22)3/h6-13,20H,5,14-17H2,1-4H3,(H,25,28)/t20-/m1/s1. The van der Waals surface area contributed by atoms with E-state index in [0.717, 1.165) is 23.1 Å². The molecule has 29 heavy (non-hydrogen) atoms. The van der Waals surface area contributed by atoms with Crippen molar-refractivity contribution >= 4 is 11.8 Å². The molecule has 0 unspecified atom stereocenters. The van der Waals surface area contributed by atoms with Crippen molar-refractivity contribution in [1.82, 2.24) is 10.2 Å². The van der Waals surface area contributed by atoms with Crippen molar-refractivity contribution in [3.63, 3.8) is 0 Å². The minimum atomic E-state index is -0.556. The van der Waals surface area contributed by atoms with Gasteiger partial charge < -0.3 is 15.0 Å². The Bertz CT molecular complexity index is 805. The van der Waals surface area contributed by atoms with E-state index in [1.165, 1.54) is 0 Å². The molecule has 0 aliphatic heterocycles. The van der Waals surface area contributed by atoms with Crippen LogP contribution in [0.15, 0.2) is 48.5 Å². The topological polar surface area (TPSA) is 58.6 Å². The number of nitrogens with zero attached hydrogens (tertiary/aromatic N) is 1. The van der Waals surface area contributed by atoms with Gasteiger partial charge in [0.15, 0.2) is 6.61 Å². The number of amides is 2. The number of benzene rings is 2. The minimum Gasteiger partial charge on any atom is -0.483 e. The van der Waals surface area contributed by atoms with E-state index in [1.807, 2.05) is 69.3 Å². The third-order valence-electron chi connectivity index (χ3n) is 5.11. The van der Waals surface area contributed by atoms with E-state index in [4.69, 9.17) is 4.74 Å². The van der Waals surface area contributed by atoms with Crippen LogP contribution in [0.2, 0.25) is 0 Å². The Kier molecular flexibility index (Phi) is 8.71. The van der Waals surface area contributed by atoms with E-state index >= 15 is 0 Å². The summed E-state index contributed by atoms with van der Waals surface area (Å²) in [6.45, 7) is 8.72. The molecule has 0 aliphatic rings. The van der Waals surface area contributed by atoms with Gasteiger partial charge in [-0.1, -0.05) is 49.4 Å². The zero-order chi connectivity index (χ0) is 21.2. The van der Waals surface area contributed by atoms with Crippen LogP contribution < -0.4 is 10.1 Å². The number of rotatable bonds is 10. The smallest absolute Gasteiger partial charge is 0.261 e. The fraction of sp³-hybridized carbons (Fsp3) is 0.417. The molecule has 0 bridgehead atoms. The van der Waals surface area contributed by atoms with Gasteiger partial charge >= 0.3 is 0 Å². The van der Waals surface area contributed by atoms with Gasteiger partial charge in [0, 0.05) is 13.1 Å². The van der Waals surface area contributed by atoms with Crippen LogP contribution in [0.5, 0.6) is 5.75 Å². The first kappa shape index (κ1) is 22.5. The molecule has 0 saturated carbocycles. The molecular formula is C24H32N2O3. The summed E-state index contributed by atoms with van der Waals surface area (Å²) in [5, 5.41) is 2.88. The minimum absolute atomic E-state index is 0.0928. The van der Waals surface area contributed by atoms with Crippen molar-refractivity contribution in [3.05, 3.63) is 65.2 Å². The molecule has 0 radical (unpaired) electrons. The van der Waals surface area contributed by atoms with Gasteiger partial charge in [-0.2, -0.15) is 0 Å². The molecule has 5 nitrogen and oxygen atoms in total. The summed E-state index contributed by atoms with van der Waals surface area (Å²) in [6.07, 6.45) is 1.54. The van der Waals surface area contributed by atoms with Crippen molar-refractivity contribution in [2.45, 2.75) is 46.6 Å². The molecule has 0 aliphatic carbocycles. The Labute approximate surface area is 174 Å². The predicted octanol–water partition coefficient (Wildman–Crippen LogP) is 3.67. The van der Waals surface area contributed by atoms with Gasteiger partial charge in [0.05, 0.1) is 0 Å². The second-order valence-corrected chi connectivity index (χ2v) is 7.28. The Hall–Kier alpha value is -2.82. The highest BCUT2D eigenvalue weighted by atomic mass is 16.5. The lowest BCUT2D eigenvalue weighted by Crippen LogP contribution is -2.50. The number of carbonyl (C=O) groups excluding carboxylic acids is 2. The number of carbonyl (C=O) groups is 2. The number of hydrogen-bond donors (Lipinski definition) is 1. The average Bonchev–Trinajstić information content (AvgIpc) is 2.73. The highest BCUT2D eigenvalue weighted by Gasteiger charge is 2.26. The van der Waals surface area contributed by atoms with Crippen LogP contribution >= 0.6 is 0 Å². The largest absolute Gasteiger partial charge is 0.483 e. The van der Waals surface area contributed by atoms with Crippen molar-refractivity contribution in [2.24, 2.45) is 0 Å². The van der Waals surface area contributed by atoms with Gasteiger partial charge in [-0.15, -0.1) is 0 Å². The van der Waals surface area contributed by atoms with Crippen molar-refractivity contribution in [1.29, 1.82) is 0 Å². The van der Waals surface area contributed by atoms with E-state index < -0.39 is 6.04 Å². The van der Waals surface area contributed by atoms with Crippen LogP contribution in [0.4, 0.5) is 0 Å². The monoisotopic (exact) mass is 396 g/mol. The van der Waals surface area contributed by atoms with Gasteiger partial charge in [-0.05, 0) is 56.4 Å². The second kappa shape index (κ2) is 11.2. The summed E-state index contributed by atoms with van der Waals surface area (Å²) in [7, 11) is 0. The average molecular weight is 397 g/mol. The first-order chi connectivity index (χ1) is 13.9. The molecule has 2 rings (SSSR count). The summed E-state index contributed by atoms with van der Waals surface area (Å²) in [4.78, 5) is 27.1. The van der Waals surface area contributed by atoms with Crippen LogP contribution in [-0.4, -0.2) is 42.5 Å². The van der Waals surface area contributed by atoms with Crippen molar-refractivity contribution < 1.29 is 14.3 Å². The highest BCUT2D eigenvalue weighted by Crippen LogP contribution is 2.20. The number of nitrogens with one attached hydrogen (secondary N) is 1. The number of hydrogen-bond acceptors (Lipinski definition) is 3. The number of ether oxygens (including phenoxy) is 1. The lowest BCUT2D eigenvalue weighted by molar-refractivity contribution is -0.141. The van der Waals surface area contributed by atoms with Crippen LogP contribution in [-0.2, 0) is 16.0 Å². The third-order valence-corrected chi connectivity index (χ3v) is 5.11. The third kappa shape index (κ3) is 6.63. The fourth-order valence-electron chi connectivity index (χ4n) is 3.07. The quantitative estimate of drug-likeness (QED) is 0.667. The molecule has 2 aromatic rings. The molecule has 0 spiro atoms. The zero-order valence-corrected chi connectivity index (χ0v) is 17.9. The molecule has 0 heterocycles. The lowest BCUT2D eigenvalue weighted by Gasteiger charge is -2.28. The van der Waals surface area contributed by atoms with Crippen LogP contribution in [0.1, 0.15) is 37.0 Å². The normalized spacial score (nSPS) is 11.6. The zero-order valence-electron chi connectivity index (χ0n) is 17.9. The molecule has 156 valence electrons. The molecule has 1 atom stereocenters. The Morgan fingerprint density at radius 2 is 1.79 bits per heavy atom. The molecule has 0 fully saturated rings. The van der Waals surface area contributed by atoms with Gasteiger partial charge in [0.1, 0.15) is 11.8 Å². The summed E-state index contributed by atoms with van der Waals surface area (Å²) < 4.78 is 5.80. The van der Waals surface area contributed by atoms with Crippen LogP contribution in [0.25, 0.3) is 0 Å². The summed E-state index contributed by atoms with van der Waals surface area (Å²) in [5.41, 5.74) is 3.26. The summed E-state index contributed by atoms with van der Waals surface area (Å²) >= 11 is 0. The molecular weight excluding hydrogens is 364 g/mol. The van der Waals surface area contributed by atoms with E-state index in [2.05, 4.69) is 5.32 Å². The lowest BCUT2D eigenvalue weighted by atomic mass is 10.1. The van der Waals surface area contributed by atoms with Crippen LogP contribution in [0, 0.1) is 13.8 Å². The number of aryl methyl sites for hydroxylation is 1. The Balaban J connectivity index is 2.08. The maximum atomic E-state index is 13.0. The van der Waals surface area contributed by atoms with Gasteiger partial charge in [0.25, 0.3) is 5.91 Å². The predicted molar refractivity (Wildman–Crippen MR) is 116 cm³/mol. The van der Waals surface area contributed by atoms with E-state index in [0.29, 0.717) is 25.3 Å². The maximum absolute atomic E-state index is 13.0. The molecule has 0 aromatic heterocycles. The van der Waals surface area contributed by atoms with E-state index in [9.17, 15) is 9.59 Å². The highest BCUT2D eigenvalue weighted by molar-refractivity contribution is 5.88. The van der Waals surface area contributed by atoms with E-state index in [1.54, 1.807) is 11.8 Å². The Morgan fingerprint density at radius 3 is 2.48 bits per heavy atom.